The summed E-state index contributed by atoms with van der Waals surface area (Å²) in [7, 11) is 2.22. The number of hydrogen-bond donors (Lipinski definition) is 1. The van der Waals surface area contributed by atoms with Crippen LogP contribution in [-0.2, 0) is 4.74 Å². The highest BCUT2D eigenvalue weighted by molar-refractivity contribution is 4.79. The van der Waals surface area contributed by atoms with Crippen LogP contribution in [0.3, 0.4) is 0 Å². The van der Waals surface area contributed by atoms with Gasteiger partial charge in [0.2, 0.25) is 0 Å². The Kier molecular flexibility index (Phi) is 3.19. The summed E-state index contributed by atoms with van der Waals surface area (Å²) in [6.45, 7) is 5.19. The van der Waals surface area contributed by atoms with Crippen molar-refractivity contribution in [2.75, 3.05) is 39.9 Å². The topological polar surface area (TPSA) is 24.5 Å². The molecule has 1 atom stereocenters. The molecule has 1 N–H and O–H groups in total. The van der Waals surface area contributed by atoms with Crippen LogP contribution >= 0.6 is 0 Å². The minimum Gasteiger partial charge on any atom is -0.378 e. The van der Waals surface area contributed by atoms with Gasteiger partial charge in [0, 0.05) is 25.7 Å². The lowest BCUT2D eigenvalue weighted by Gasteiger charge is -2.28. The Morgan fingerprint density at radius 2 is 2.23 bits per heavy atom. The molecule has 0 spiro atoms. The molecule has 13 heavy (non-hydrogen) atoms. The van der Waals surface area contributed by atoms with Crippen LogP contribution < -0.4 is 5.32 Å². The van der Waals surface area contributed by atoms with Gasteiger partial charge < -0.3 is 15.0 Å². The monoisotopic (exact) mass is 184 g/mol. The summed E-state index contributed by atoms with van der Waals surface area (Å²) in [5.74, 6) is 0.995. The molecule has 3 nitrogen and oxygen atoms in total. The number of likely N-dealkylation sites (N-methyl/N-ethyl adjacent to an activating group) is 1. The fourth-order valence-corrected chi connectivity index (χ4v) is 1.93. The van der Waals surface area contributed by atoms with Gasteiger partial charge in [0.25, 0.3) is 0 Å². The van der Waals surface area contributed by atoms with Gasteiger partial charge in [0.05, 0.1) is 13.2 Å². The minimum atomic E-state index is 0.553. The molecule has 2 aliphatic rings. The van der Waals surface area contributed by atoms with Crippen molar-refractivity contribution in [3.63, 3.8) is 0 Å². The Morgan fingerprint density at radius 3 is 2.85 bits per heavy atom. The Labute approximate surface area is 80.4 Å². The van der Waals surface area contributed by atoms with Crippen LogP contribution in [0.1, 0.15) is 12.8 Å². The van der Waals surface area contributed by atoms with E-state index < -0.39 is 0 Å². The maximum Gasteiger partial charge on any atom is 0.0632 e. The second kappa shape index (κ2) is 4.40. The molecule has 1 saturated carbocycles. The summed E-state index contributed by atoms with van der Waals surface area (Å²) in [5.41, 5.74) is 0. The van der Waals surface area contributed by atoms with Crippen LogP contribution in [0.5, 0.6) is 0 Å². The third-order valence-corrected chi connectivity index (χ3v) is 2.80. The van der Waals surface area contributed by atoms with Gasteiger partial charge in [-0.15, -0.1) is 0 Å². The lowest BCUT2D eigenvalue weighted by atomic mass is 10.2. The first-order valence-electron chi connectivity index (χ1n) is 5.34. The molecule has 1 saturated heterocycles. The lowest BCUT2D eigenvalue weighted by molar-refractivity contribution is 0.0648. The van der Waals surface area contributed by atoms with Crippen molar-refractivity contribution in [3.05, 3.63) is 0 Å². The maximum absolute atomic E-state index is 5.41. The fraction of sp³-hybridized carbons (Fsp3) is 1.00. The second-order valence-electron chi connectivity index (χ2n) is 4.39. The predicted molar refractivity (Wildman–Crippen MR) is 52.8 cm³/mol. The van der Waals surface area contributed by atoms with E-state index in [9.17, 15) is 0 Å². The number of rotatable bonds is 4. The Bertz CT molecular complexity index is 153. The molecule has 1 aliphatic carbocycles. The smallest absolute Gasteiger partial charge is 0.0632 e. The average Bonchev–Trinajstić information content (AvgIpc) is 2.90. The summed E-state index contributed by atoms with van der Waals surface area (Å²) in [6.07, 6.45) is 2.89. The van der Waals surface area contributed by atoms with E-state index in [1.807, 2.05) is 0 Å². The van der Waals surface area contributed by atoms with E-state index in [0.29, 0.717) is 6.04 Å². The molecule has 2 fully saturated rings. The number of ether oxygens (including phenoxy) is 1. The van der Waals surface area contributed by atoms with Gasteiger partial charge in [-0.05, 0) is 25.8 Å². The molecular weight excluding hydrogens is 164 g/mol. The number of hydrogen-bond acceptors (Lipinski definition) is 3. The van der Waals surface area contributed by atoms with Gasteiger partial charge in [0.15, 0.2) is 0 Å². The molecule has 2 rings (SSSR count). The van der Waals surface area contributed by atoms with E-state index in [4.69, 9.17) is 4.74 Å². The quantitative estimate of drug-likeness (QED) is 0.681. The van der Waals surface area contributed by atoms with Crippen molar-refractivity contribution in [3.8, 4) is 0 Å². The highest BCUT2D eigenvalue weighted by Crippen LogP contribution is 2.29. The van der Waals surface area contributed by atoms with Crippen molar-refractivity contribution in [1.82, 2.24) is 10.2 Å². The van der Waals surface area contributed by atoms with Gasteiger partial charge in [-0.2, -0.15) is 0 Å². The van der Waals surface area contributed by atoms with Crippen LogP contribution in [0.4, 0.5) is 0 Å². The van der Waals surface area contributed by atoms with Crippen LogP contribution in [0.25, 0.3) is 0 Å². The molecule has 1 aliphatic heterocycles. The highest BCUT2D eigenvalue weighted by Gasteiger charge is 2.24. The molecule has 0 amide bonds. The lowest BCUT2D eigenvalue weighted by Crippen LogP contribution is -2.47. The van der Waals surface area contributed by atoms with Crippen molar-refractivity contribution in [2.45, 2.75) is 18.9 Å². The number of morpholine rings is 1. The van der Waals surface area contributed by atoms with Gasteiger partial charge >= 0.3 is 0 Å². The largest absolute Gasteiger partial charge is 0.378 e. The molecular formula is C10H20N2O. The standard InChI is InChI=1S/C10H20N2O/c1-12(6-9-2-3-9)7-10-8-13-5-4-11-10/h9-11H,2-8H2,1H3. The first-order valence-corrected chi connectivity index (χ1v) is 5.34. The first kappa shape index (κ1) is 9.44. The summed E-state index contributed by atoms with van der Waals surface area (Å²) < 4.78 is 5.41. The maximum atomic E-state index is 5.41. The predicted octanol–water partition coefficient (Wildman–Crippen LogP) is 0.317. The molecule has 0 aromatic carbocycles. The highest BCUT2D eigenvalue weighted by atomic mass is 16.5. The van der Waals surface area contributed by atoms with Crippen LogP contribution in [0.15, 0.2) is 0 Å². The Balaban J connectivity index is 1.62. The third kappa shape index (κ3) is 3.25. The zero-order valence-corrected chi connectivity index (χ0v) is 8.46. The minimum absolute atomic E-state index is 0.553. The number of nitrogens with zero attached hydrogens (tertiary/aromatic N) is 1. The van der Waals surface area contributed by atoms with Crippen molar-refractivity contribution < 1.29 is 4.74 Å². The van der Waals surface area contributed by atoms with E-state index in [2.05, 4.69) is 17.3 Å². The molecule has 0 aromatic heterocycles. The Hall–Kier alpha value is -0.120. The van der Waals surface area contributed by atoms with E-state index in [0.717, 1.165) is 32.2 Å². The van der Waals surface area contributed by atoms with Crippen molar-refractivity contribution >= 4 is 0 Å². The van der Waals surface area contributed by atoms with Gasteiger partial charge in [-0.1, -0.05) is 0 Å². The first-order chi connectivity index (χ1) is 6.34. The van der Waals surface area contributed by atoms with Crippen LogP contribution in [0.2, 0.25) is 0 Å². The zero-order valence-electron chi connectivity index (χ0n) is 8.46. The SMILES string of the molecule is CN(CC1CC1)CC1COCCN1. The van der Waals surface area contributed by atoms with Gasteiger partial charge in [-0.3, -0.25) is 0 Å². The van der Waals surface area contributed by atoms with E-state index >= 15 is 0 Å². The summed E-state index contributed by atoms with van der Waals surface area (Å²) in [5, 5.41) is 3.48. The molecule has 1 heterocycles. The molecule has 0 bridgehead atoms. The third-order valence-electron chi connectivity index (χ3n) is 2.80. The fourth-order valence-electron chi connectivity index (χ4n) is 1.93. The molecule has 0 radical (unpaired) electrons. The molecule has 0 aromatic rings. The molecule has 1 unspecified atom stereocenters. The van der Waals surface area contributed by atoms with Gasteiger partial charge in [-0.25, -0.2) is 0 Å². The van der Waals surface area contributed by atoms with Crippen molar-refractivity contribution in [1.29, 1.82) is 0 Å². The normalized spacial score (nSPS) is 29.5. The summed E-state index contributed by atoms with van der Waals surface area (Å²) in [4.78, 5) is 2.43. The number of nitrogens with one attached hydrogen (secondary N) is 1. The molecule has 3 heteroatoms. The average molecular weight is 184 g/mol. The summed E-state index contributed by atoms with van der Waals surface area (Å²) in [6, 6.07) is 0.553. The van der Waals surface area contributed by atoms with Gasteiger partial charge in [0.1, 0.15) is 0 Å². The van der Waals surface area contributed by atoms with Crippen LogP contribution in [-0.4, -0.2) is 50.8 Å². The Morgan fingerprint density at radius 1 is 1.38 bits per heavy atom. The summed E-state index contributed by atoms with van der Waals surface area (Å²) >= 11 is 0. The molecule has 76 valence electrons. The van der Waals surface area contributed by atoms with E-state index in [1.54, 1.807) is 0 Å². The van der Waals surface area contributed by atoms with Crippen molar-refractivity contribution in [2.24, 2.45) is 5.92 Å². The van der Waals surface area contributed by atoms with E-state index in [1.165, 1.54) is 19.4 Å². The second-order valence-corrected chi connectivity index (χ2v) is 4.39. The van der Waals surface area contributed by atoms with E-state index in [-0.39, 0.29) is 0 Å². The van der Waals surface area contributed by atoms with Crippen LogP contribution in [0, 0.1) is 5.92 Å². The zero-order chi connectivity index (χ0) is 9.10.